The summed E-state index contributed by atoms with van der Waals surface area (Å²) < 4.78 is 42.6. The normalized spacial score (nSPS) is 11.4. The van der Waals surface area contributed by atoms with Gasteiger partial charge in [0.25, 0.3) is 0 Å². The average Bonchev–Trinajstić information content (AvgIpc) is 2.33. The summed E-state index contributed by atoms with van der Waals surface area (Å²) in [7, 11) is 0. The Morgan fingerprint density at radius 3 is 2.32 bits per heavy atom. The van der Waals surface area contributed by atoms with Crippen molar-refractivity contribution in [1.82, 2.24) is 4.98 Å². The number of aromatic nitrogens is 1. The molecule has 0 fully saturated rings. The predicted octanol–water partition coefficient (Wildman–Crippen LogP) is 4.85. The molecule has 6 heteroatoms. The first kappa shape index (κ1) is 13.7. The molecule has 1 heterocycles. The maximum absolute atomic E-state index is 12.4. The largest absolute Gasteiger partial charge is 0.438 e. The van der Waals surface area contributed by atoms with Crippen LogP contribution in [-0.2, 0) is 6.18 Å². The van der Waals surface area contributed by atoms with Crippen molar-refractivity contribution in [2.24, 2.45) is 0 Å². The molecule has 0 aliphatic carbocycles. The highest BCUT2D eigenvalue weighted by atomic mass is 35.5. The van der Waals surface area contributed by atoms with Crippen molar-refractivity contribution in [1.29, 1.82) is 0 Å². The quantitative estimate of drug-likeness (QED) is 0.787. The number of aryl methyl sites for hydroxylation is 1. The van der Waals surface area contributed by atoms with Gasteiger partial charge >= 0.3 is 6.18 Å². The first-order chi connectivity index (χ1) is 8.86. The van der Waals surface area contributed by atoms with Crippen LogP contribution in [0.1, 0.15) is 11.1 Å². The second-order valence-corrected chi connectivity index (χ2v) is 4.33. The highest BCUT2D eigenvalue weighted by Gasteiger charge is 2.31. The molecule has 0 amide bonds. The van der Waals surface area contributed by atoms with Crippen LogP contribution in [0.25, 0.3) is 0 Å². The Morgan fingerprint density at radius 1 is 1.16 bits per heavy atom. The van der Waals surface area contributed by atoms with Gasteiger partial charge in [-0.3, -0.25) is 0 Å². The summed E-state index contributed by atoms with van der Waals surface area (Å²) in [6.45, 7) is 1.91. The molecule has 0 spiro atoms. The monoisotopic (exact) mass is 287 g/mol. The molecular weight excluding hydrogens is 279 g/mol. The van der Waals surface area contributed by atoms with Crippen LogP contribution in [0.4, 0.5) is 13.2 Å². The molecule has 0 unspecified atom stereocenters. The fourth-order valence-electron chi connectivity index (χ4n) is 1.37. The minimum atomic E-state index is -4.47. The van der Waals surface area contributed by atoms with Gasteiger partial charge in [0, 0.05) is 6.20 Å². The maximum Gasteiger partial charge on any atom is 0.417 e. The fraction of sp³-hybridized carbons (Fsp3) is 0.154. The van der Waals surface area contributed by atoms with Crippen LogP contribution >= 0.6 is 11.6 Å². The zero-order chi connectivity index (χ0) is 14.0. The van der Waals surface area contributed by atoms with Gasteiger partial charge in [0.1, 0.15) is 10.8 Å². The first-order valence-corrected chi connectivity index (χ1v) is 5.71. The minimum absolute atomic E-state index is 0.0569. The number of alkyl halides is 3. The second kappa shape index (κ2) is 5.09. The molecule has 1 aromatic carbocycles. The number of hydrogen-bond acceptors (Lipinski definition) is 2. The molecule has 2 rings (SSSR count). The third-order valence-corrected chi connectivity index (χ3v) is 2.64. The molecule has 0 radical (unpaired) electrons. The van der Waals surface area contributed by atoms with Crippen LogP contribution in [0, 0.1) is 6.92 Å². The Kier molecular flexibility index (Phi) is 3.66. The number of nitrogens with zero attached hydrogens (tertiary/aromatic N) is 1. The van der Waals surface area contributed by atoms with E-state index in [1.807, 2.05) is 19.1 Å². The fourth-order valence-corrected chi connectivity index (χ4v) is 1.58. The van der Waals surface area contributed by atoms with Crippen LogP contribution < -0.4 is 4.74 Å². The number of rotatable bonds is 2. The van der Waals surface area contributed by atoms with E-state index in [1.165, 1.54) is 0 Å². The van der Waals surface area contributed by atoms with E-state index in [0.717, 1.165) is 11.6 Å². The summed E-state index contributed by atoms with van der Waals surface area (Å²) in [5.74, 6) is 0.401. The molecule has 0 atom stereocenters. The molecule has 2 aromatic rings. The lowest BCUT2D eigenvalue weighted by Gasteiger charge is -2.10. The molecule has 0 saturated carbocycles. The number of halogens is 4. The lowest BCUT2D eigenvalue weighted by molar-refractivity contribution is -0.137. The van der Waals surface area contributed by atoms with Crippen molar-refractivity contribution in [2.45, 2.75) is 13.1 Å². The summed E-state index contributed by atoms with van der Waals surface area (Å²) >= 11 is 5.73. The van der Waals surface area contributed by atoms with Gasteiger partial charge in [0.05, 0.1) is 5.56 Å². The Morgan fingerprint density at radius 2 is 1.79 bits per heavy atom. The molecular formula is C13H9ClF3NO. The van der Waals surface area contributed by atoms with Gasteiger partial charge in [-0.2, -0.15) is 13.2 Å². The topological polar surface area (TPSA) is 22.1 Å². The van der Waals surface area contributed by atoms with Gasteiger partial charge in [-0.1, -0.05) is 29.3 Å². The highest BCUT2D eigenvalue weighted by molar-refractivity contribution is 6.31. The number of pyridine rings is 1. The highest BCUT2D eigenvalue weighted by Crippen LogP contribution is 2.34. The van der Waals surface area contributed by atoms with E-state index >= 15 is 0 Å². The second-order valence-electron chi connectivity index (χ2n) is 3.92. The van der Waals surface area contributed by atoms with E-state index in [-0.39, 0.29) is 10.9 Å². The molecule has 1 aromatic heterocycles. The Hall–Kier alpha value is -1.75. The maximum atomic E-state index is 12.4. The van der Waals surface area contributed by atoms with E-state index in [0.29, 0.717) is 11.9 Å². The molecule has 0 aliphatic rings. The standard InChI is InChI=1S/C13H9ClF3NO/c1-8-2-4-10(5-3-8)19-12-11(14)6-9(7-18-12)13(15,16)17/h2-7H,1H3. The van der Waals surface area contributed by atoms with Crippen LogP contribution in [0.5, 0.6) is 11.6 Å². The molecule has 0 bridgehead atoms. The molecule has 19 heavy (non-hydrogen) atoms. The van der Waals surface area contributed by atoms with E-state index in [2.05, 4.69) is 4.98 Å². The van der Waals surface area contributed by atoms with Crippen molar-refractivity contribution in [2.75, 3.05) is 0 Å². The summed E-state index contributed by atoms with van der Waals surface area (Å²) in [4.78, 5) is 3.59. The SMILES string of the molecule is Cc1ccc(Oc2ncc(C(F)(F)F)cc2Cl)cc1. The Balaban J connectivity index is 2.24. The molecule has 2 nitrogen and oxygen atoms in total. The van der Waals surface area contributed by atoms with E-state index in [4.69, 9.17) is 16.3 Å². The predicted molar refractivity (Wildman–Crippen MR) is 65.5 cm³/mol. The van der Waals surface area contributed by atoms with Gasteiger partial charge in [-0.15, -0.1) is 0 Å². The van der Waals surface area contributed by atoms with Crippen molar-refractivity contribution >= 4 is 11.6 Å². The average molecular weight is 288 g/mol. The lowest BCUT2D eigenvalue weighted by atomic mass is 10.2. The van der Waals surface area contributed by atoms with E-state index < -0.39 is 11.7 Å². The Labute approximate surface area is 112 Å². The van der Waals surface area contributed by atoms with E-state index in [9.17, 15) is 13.2 Å². The molecule has 0 saturated heterocycles. The zero-order valence-electron chi connectivity index (χ0n) is 9.83. The Bertz CT molecular complexity index is 581. The first-order valence-electron chi connectivity index (χ1n) is 5.33. The number of hydrogen-bond donors (Lipinski definition) is 0. The zero-order valence-corrected chi connectivity index (χ0v) is 10.6. The summed E-state index contributed by atoms with van der Waals surface area (Å²) in [6, 6.07) is 7.79. The summed E-state index contributed by atoms with van der Waals surface area (Å²) in [6.07, 6.45) is -3.78. The van der Waals surface area contributed by atoms with Crippen molar-refractivity contribution in [3.8, 4) is 11.6 Å². The molecule has 0 aliphatic heterocycles. The van der Waals surface area contributed by atoms with Crippen LogP contribution in [0.3, 0.4) is 0 Å². The summed E-state index contributed by atoms with van der Waals surface area (Å²) in [5.41, 5.74) is 0.132. The van der Waals surface area contributed by atoms with Gasteiger partial charge in [-0.05, 0) is 25.1 Å². The van der Waals surface area contributed by atoms with Crippen molar-refractivity contribution in [3.05, 3.63) is 52.7 Å². The number of benzene rings is 1. The lowest BCUT2D eigenvalue weighted by Crippen LogP contribution is -2.05. The molecule has 100 valence electrons. The van der Waals surface area contributed by atoms with Crippen molar-refractivity contribution in [3.63, 3.8) is 0 Å². The van der Waals surface area contributed by atoms with Gasteiger partial charge in [0.2, 0.25) is 5.88 Å². The molecule has 0 N–H and O–H groups in total. The minimum Gasteiger partial charge on any atom is -0.438 e. The smallest absolute Gasteiger partial charge is 0.417 e. The number of ether oxygens (including phenoxy) is 1. The van der Waals surface area contributed by atoms with Crippen LogP contribution in [0.15, 0.2) is 36.5 Å². The van der Waals surface area contributed by atoms with Gasteiger partial charge < -0.3 is 4.74 Å². The van der Waals surface area contributed by atoms with E-state index in [1.54, 1.807) is 12.1 Å². The summed E-state index contributed by atoms with van der Waals surface area (Å²) in [5, 5.41) is -0.185. The third kappa shape index (κ3) is 3.38. The van der Waals surface area contributed by atoms with Crippen molar-refractivity contribution < 1.29 is 17.9 Å². The third-order valence-electron chi connectivity index (χ3n) is 2.37. The van der Waals surface area contributed by atoms with Crippen LogP contribution in [-0.4, -0.2) is 4.98 Å². The van der Waals surface area contributed by atoms with Gasteiger partial charge in [0.15, 0.2) is 0 Å². The van der Waals surface area contributed by atoms with Crippen LogP contribution in [0.2, 0.25) is 5.02 Å². The van der Waals surface area contributed by atoms with Gasteiger partial charge in [-0.25, -0.2) is 4.98 Å².